The van der Waals surface area contributed by atoms with Gasteiger partial charge in [-0.2, -0.15) is 0 Å². The maximum absolute atomic E-state index is 12.5. The van der Waals surface area contributed by atoms with Gasteiger partial charge in [-0.15, -0.1) is 0 Å². The number of nitrogens with zero attached hydrogens (tertiary/aromatic N) is 1. The molecule has 3 rings (SSSR count). The predicted octanol–water partition coefficient (Wildman–Crippen LogP) is 4.61. The van der Waals surface area contributed by atoms with E-state index in [-0.39, 0.29) is 18.4 Å². The van der Waals surface area contributed by atoms with E-state index >= 15 is 0 Å². The smallest absolute Gasteiger partial charge is 0.176 e. The fraction of sp³-hybridized carbons (Fsp3) is 0.381. The molecule has 0 aliphatic carbocycles. The van der Waals surface area contributed by atoms with Crippen LogP contribution in [0.15, 0.2) is 42.5 Å². The maximum atomic E-state index is 12.5. The molecule has 1 aliphatic rings. The molecule has 0 spiro atoms. The number of rotatable bonds is 8. The van der Waals surface area contributed by atoms with Gasteiger partial charge in [0.15, 0.2) is 5.78 Å². The van der Waals surface area contributed by atoms with Gasteiger partial charge in [-0.05, 0) is 61.8 Å². The summed E-state index contributed by atoms with van der Waals surface area (Å²) in [6, 6.07) is 13.3. The molecule has 1 heterocycles. The van der Waals surface area contributed by atoms with Gasteiger partial charge in [0.25, 0.3) is 0 Å². The number of nitrogens with one attached hydrogen (secondary N) is 1. The van der Waals surface area contributed by atoms with Crippen molar-refractivity contribution in [1.82, 2.24) is 10.2 Å². The summed E-state index contributed by atoms with van der Waals surface area (Å²) >= 11 is 12.2. The highest BCUT2D eigenvalue weighted by atomic mass is 35.5. The van der Waals surface area contributed by atoms with Gasteiger partial charge in [0.2, 0.25) is 0 Å². The third-order valence-electron chi connectivity index (χ3n) is 4.93. The predicted molar refractivity (Wildman–Crippen MR) is 110 cm³/mol. The highest BCUT2D eigenvalue weighted by Crippen LogP contribution is 2.26. The van der Waals surface area contributed by atoms with Crippen molar-refractivity contribution in [3.63, 3.8) is 0 Å². The third kappa shape index (κ3) is 5.23. The zero-order chi connectivity index (χ0) is 19.2. The van der Waals surface area contributed by atoms with Crippen LogP contribution < -0.4 is 10.1 Å². The minimum Gasteiger partial charge on any atom is -0.495 e. The Morgan fingerprint density at radius 1 is 1.15 bits per heavy atom. The molecule has 0 aromatic heterocycles. The van der Waals surface area contributed by atoms with Crippen molar-refractivity contribution in [1.29, 1.82) is 0 Å². The average Bonchev–Trinajstić information content (AvgIpc) is 3.20. The second-order valence-corrected chi connectivity index (χ2v) is 7.56. The quantitative estimate of drug-likeness (QED) is 0.649. The van der Waals surface area contributed by atoms with Crippen molar-refractivity contribution in [2.24, 2.45) is 0 Å². The molecule has 1 aliphatic heterocycles. The first kappa shape index (κ1) is 20.2. The maximum Gasteiger partial charge on any atom is 0.176 e. The van der Waals surface area contributed by atoms with Crippen molar-refractivity contribution in [3.8, 4) is 5.75 Å². The Bertz CT molecular complexity index is 774. The van der Waals surface area contributed by atoms with E-state index in [1.54, 1.807) is 25.3 Å². The van der Waals surface area contributed by atoms with E-state index in [2.05, 4.69) is 22.3 Å². The van der Waals surface area contributed by atoms with E-state index in [1.807, 2.05) is 12.1 Å². The first-order chi connectivity index (χ1) is 13.1. The topological polar surface area (TPSA) is 41.6 Å². The van der Waals surface area contributed by atoms with E-state index in [9.17, 15) is 4.79 Å². The minimum absolute atomic E-state index is 0.0100. The van der Waals surface area contributed by atoms with Crippen LogP contribution in [0.25, 0.3) is 0 Å². The van der Waals surface area contributed by atoms with E-state index in [4.69, 9.17) is 27.9 Å². The summed E-state index contributed by atoms with van der Waals surface area (Å²) in [6.45, 7) is 3.13. The van der Waals surface area contributed by atoms with Crippen molar-refractivity contribution in [2.45, 2.75) is 18.9 Å². The SMILES string of the molecule is COc1ccc(C(=O)CNCC(c2ccc(Cl)cc2)N2CCCC2)cc1Cl. The number of ketones is 1. The standard InChI is InChI=1S/C21H24Cl2N2O2/c1-27-21-9-6-16(12-18(21)23)20(26)14-24-13-19(25-10-2-3-11-25)15-4-7-17(22)8-5-15/h4-9,12,19,24H,2-3,10-11,13-14H2,1H3. The van der Waals surface area contributed by atoms with Crippen LogP contribution in [0.2, 0.25) is 10.0 Å². The van der Waals surface area contributed by atoms with Crippen molar-refractivity contribution >= 4 is 29.0 Å². The van der Waals surface area contributed by atoms with Crippen LogP contribution in [0.4, 0.5) is 0 Å². The van der Waals surface area contributed by atoms with Crippen LogP contribution in [-0.2, 0) is 0 Å². The minimum atomic E-state index is 0.0100. The number of methoxy groups -OCH3 is 1. The molecular formula is C21H24Cl2N2O2. The largest absolute Gasteiger partial charge is 0.495 e. The van der Waals surface area contributed by atoms with Gasteiger partial charge < -0.3 is 10.1 Å². The normalized spacial score (nSPS) is 15.7. The zero-order valence-electron chi connectivity index (χ0n) is 15.4. The van der Waals surface area contributed by atoms with E-state index in [0.29, 0.717) is 22.9 Å². The zero-order valence-corrected chi connectivity index (χ0v) is 16.9. The Labute approximate surface area is 170 Å². The molecule has 1 fully saturated rings. The Hall–Kier alpha value is -1.59. The van der Waals surface area contributed by atoms with Gasteiger partial charge in [-0.3, -0.25) is 9.69 Å². The summed E-state index contributed by atoms with van der Waals surface area (Å²) in [5, 5.41) is 4.50. The van der Waals surface area contributed by atoms with Gasteiger partial charge in [-0.1, -0.05) is 35.3 Å². The lowest BCUT2D eigenvalue weighted by atomic mass is 10.1. The highest BCUT2D eigenvalue weighted by Gasteiger charge is 2.23. The number of halogens is 2. The Morgan fingerprint density at radius 2 is 1.85 bits per heavy atom. The second-order valence-electron chi connectivity index (χ2n) is 6.71. The molecule has 0 saturated carbocycles. The lowest BCUT2D eigenvalue weighted by Crippen LogP contribution is -2.36. The number of likely N-dealkylation sites (tertiary alicyclic amines) is 1. The molecule has 1 saturated heterocycles. The second kappa shape index (κ2) is 9.56. The lowest BCUT2D eigenvalue weighted by molar-refractivity contribution is 0.0987. The number of hydrogen-bond donors (Lipinski definition) is 1. The Balaban J connectivity index is 1.62. The number of benzene rings is 2. The number of Topliss-reactive ketones (excluding diaryl/α,β-unsaturated/α-hetero) is 1. The molecule has 1 unspecified atom stereocenters. The monoisotopic (exact) mass is 406 g/mol. The van der Waals surface area contributed by atoms with Gasteiger partial charge in [0.05, 0.1) is 18.7 Å². The Morgan fingerprint density at radius 3 is 2.48 bits per heavy atom. The van der Waals surface area contributed by atoms with Crippen molar-refractivity contribution in [2.75, 3.05) is 33.3 Å². The van der Waals surface area contributed by atoms with Crippen molar-refractivity contribution < 1.29 is 9.53 Å². The molecule has 27 heavy (non-hydrogen) atoms. The molecule has 2 aromatic rings. The molecule has 6 heteroatoms. The van der Waals surface area contributed by atoms with Crippen LogP contribution in [0.1, 0.15) is 34.8 Å². The van der Waals surface area contributed by atoms with Gasteiger partial charge >= 0.3 is 0 Å². The molecule has 1 N–H and O–H groups in total. The fourth-order valence-corrected chi connectivity index (χ4v) is 3.84. The van der Waals surface area contributed by atoms with Crippen LogP contribution in [0.5, 0.6) is 5.75 Å². The summed E-state index contributed by atoms with van der Waals surface area (Å²) in [5.74, 6) is 0.578. The van der Waals surface area contributed by atoms with Crippen LogP contribution in [0.3, 0.4) is 0 Å². The highest BCUT2D eigenvalue weighted by molar-refractivity contribution is 6.32. The molecule has 2 aromatic carbocycles. The Kier molecular flexibility index (Phi) is 7.13. The van der Waals surface area contributed by atoms with Crippen molar-refractivity contribution in [3.05, 3.63) is 63.6 Å². The van der Waals surface area contributed by atoms with Crippen LogP contribution in [-0.4, -0.2) is 44.0 Å². The van der Waals surface area contributed by atoms with Gasteiger partial charge in [-0.25, -0.2) is 0 Å². The van der Waals surface area contributed by atoms with E-state index in [1.165, 1.54) is 18.4 Å². The molecule has 4 nitrogen and oxygen atoms in total. The summed E-state index contributed by atoms with van der Waals surface area (Å²) in [4.78, 5) is 15.0. The molecular weight excluding hydrogens is 383 g/mol. The number of carbonyl (C=O) groups is 1. The van der Waals surface area contributed by atoms with E-state index < -0.39 is 0 Å². The van der Waals surface area contributed by atoms with Gasteiger partial charge in [0, 0.05) is 23.2 Å². The molecule has 0 bridgehead atoms. The summed E-state index contributed by atoms with van der Waals surface area (Å²) in [7, 11) is 1.56. The molecule has 1 atom stereocenters. The lowest BCUT2D eigenvalue weighted by Gasteiger charge is -2.28. The third-order valence-corrected chi connectivity index (χ3v) is 5.48. The summed E-state index contributed by atoms with van der Waals surface area (Å²) in [5.41, 5.74) is 1.80. The molecule has 144 valence electrons. The summed E-state index contributed by atoms with van der Waals surface area (Å²) < 4.78 is 5.13. The van der Waals surface area contributed by atoms with Gasteiger partial charge in [0.1, 0.15) is 5.75 Å². The van der Waals surface area contributed by atoms with Crippen LogP contribution >= 0.6 is 23.2 Å². The number of hydrogen-bond acceptors (Lipinski definition) is 4. The van der Waals surface area contributed by atoms with Crippen LogP contribution in [0, 0.1) is 0 Å². The fourth-order valence-electron chi connectivity index (χ4n) is 3.46. The first-order valence-corrected chi connectivity index (χ1v) is 9.91. The first-order valence-electron chi connectivity index (χ1n) is 9.15. The number of ether oxygens (including phenoxy) is 1. The average molecular weight is 407 g/mol. The van der Waals surface area contributed by atoms with E-state index in [0.717, 1.165) is 18.1 Å². The molecule has 0 amide bonds. The summed E-state index contributed by atoms with van der Waals surface area (Å²) in [6.07, 6.45) is 2.43. The number of carbonyl (C=O) groups excluding carboxylic acids is 1. The molecule has 0 radical (unpaired) electrons.